The predicted octanol–water partition coefficient (Wildman–Crippen LogP) is 3.97. The molecule has 0 fully saturated rings. The van der Waals surface area contributed by atoms with E-state index in [0.29, 0.717) is 18.0 Å². The Labute approximate surface area is 179 Å². The van der Waals surface area contributed by atoms with E-state index < -0.39 is 0 Å². The average molecular weight is 414 g/mol. The molecule has 0 aliphatic heterocycles. The van der Waals surface area contributed by atoms with Crippen molar-refractivity contribution in [3.8, 4) is 22.6 Å². The van der Waals surface area contributed by atoms with Crippen LogP contribution in [0, 0.1) is 0 Å². The van der Waals surface area contributed by atoms with Crippen LogP contribution in [0.3, 0.4) is 0 Å². The Morgan fingerprint density at radius 2 is 1.97 bits per heavy atom. The molecule has 3 aromatic heterocycles. The normalized spacial score (nSPS) is 11.0. The number of hydrogen-bond acceptors (Lipinski definition) is 5. The highest BCUT2D eigenvalue weighted by molar-refractivity contribution is 5.96. The van der Waals surface area contributed by atoms with Crippen LogP contribution in [-0.4, -0.2) is 35.1 Å². The van der Waals surface area contributed by atoms with Crippen LogP contribution in [0.15, 0.2) is 67.3 Å². The van der Waals surface area contributed by atoms with Gasteiger partial charge in [0.15, 0.2) is 11.5 Å². The first kappa shape index (κ1) is 20.2. The number of H-pyrrole nitrogens is 1. The molecule has 0 atom stereocenters. The minimum absolute atomic E-state index is 0.194. The van der Waals surface area contributed by atoms with Crippen molar-refractivity contribution in [1.29, 1.82) is 0 Å². The summed E-state index contributed by atoms with van der Waals surface area (Å²) in [6.45, 7) is 0.379. The molecule has 31 heavy (non-hydrogen) atoms. The van der Waals surface area contributed by atoms with Gasteiger partial charge in [0, 0.05) is 59.5 Å². The molecule has 0 aliphatic carbocycles. The van der Waals surface area contributed by atoms with Gasteiger partial charge in [-0.05, 0) is 35.9 Å². The van der Waals surface area contributed by atoms with Crippen molar-refractivity contribution >= 4 is 23.0 Å². The lowest BCUT2D eigenvalue weighted by Crippen LogP contribution is -2.20. The zero-order valence-electron chi connectivity index (χ0n) is 17.3. The van der Waals surface area contributed by atoms with E-state index in [1.807, 2.05) is 42.6 Å². The molecular formula is C24H22N4O3. The number of amides is 1. The van der Waals surface area contributed by atoms with Gasteiger partial charge < -0.3 is 19.8 Å². The summed E-state index contributed by atoms with van der Waals surface area (Å²) in [6.07, 6.45) is 10.5. The van der Waals surface area contributed by atoms with Crippen LogP contribution in [0.2, 0.25) is 0 Å². The number of carbonyl (C=O) groups is 1. The van der Waals surface area contributed by atoms with Gasteiger partial charge in [-0.3, -0.25) is 9.78 Å². The number of rotatable bonds is 7. The second-order valence-corrected chi connectivity index (χ2v) is 6.85. The van der Waals surface area contributed by atoms with Crippen molar-refractivity contribution in [3.63, 3.8) is 0 Å². The van der Waals surface area contributed by atoms with Crippen molar-refractivity contribution in [3.05, 3.63) is 78.4 Å². The van der Waals surface area contributed by atoms with E-state index in [-0.39, 0.29) is 5.91 Å². The van der Waals surface area contributed by atoms with Gasteiger partial charge in [-0.15, -0.1) is 0 Å². The van der Waals surface area contributed by atoms with Crippen LogP contribution >= 0.6 is 0 Å². The highest BCUT2D eigenvalue weighted by atomic mass is 16.5. The van der Waals surface area contributed by atoms with Gasteiger partial charge in [-0.1, -0.05) is 12.1 Å². The number of pyridine rings is 2. The largest absolute Gasteiger partial charge is 0.493 e. The summed E-state index contributed by atoms with van der Waals surface area (Å²) in [5.41, 5.74) is 4.51. The number of aromatic amines is 1. The zero-order valence-corrected chi connectivity index (χ0v) is 17.3. The minimum atomic E-state index is -0.194. The Bertz CT molecular complexity index is 1230. The number of methoxy groups -OCH3 is 2. The first-order chi connectivity index (χ1) is 15.2. The molecular weight excluding hydrogens is 392 g/mol. The fraction of sp³-hybridized carbons (Fsp3) is 0.125. The lowest BCUT2D eigenvalue weighted by molar-refractivity contribution is -0.116. The maximum atomic E-state index is 12.3. The molecule has 0 saturated carbocycles. The van der Waals surface area contributed by atoms with E-state index >= 15 is 0 Å². The van der Waals surface area contributed by atoms with Crippen LogP contribution in [-0.2, 0) is 11.3 Å². The molecule has 4 aromatic rings. The first-order valence-corrected chi connectivity index (χ1v) is 9.72. The highest BCUT2D eigenvalue weighted by Gasteiger charge is 2.07. The lowest BCUT2D eigenvalue weighted by Gasteiger charge is -2.09. The molecule has 1 amide bonds. The maximum Gasteiger partial charge on any atom is 0.244 e. The topological polar surface area (TPSA) is 89.1 Å². The molecule has 7 nitrogen and oxygen atoms in total. The Morgan fingerprint density at radius 3 is 2.74 bits per heavy atom. The fourth-order valence-corrected chi connectivity index (χ4v) is 3.26. The fourth-order valence-electron chi connectivity index (χ4n) is 3.26. The van der Waals surface area contributed by atoms with Gasteiger partial charge in [-0.2, -0.15) is 0 Å². The number of ether oxygens (including phenoxy) is 2. The number of hydrogen-bond donors (Lipinski definition) is 2. The molecule has 3 heterocycles. The van der Waals surface area contributed by atoms with Gasteiger partial charge in [0.25, 0.3) is 0 Å². The Kier molecular flexibility index (Phi) is 5.93. The summed E-state index contributed by atoms with van der Waals surface area (Å²) in [7, 11) is 3.17. The predicted molar refractivity (Wildman–Crippen MR) is 120 cm³/mol. The molecule has 1 aromatic carbocycles. The van der Waals surface area contributed by atoms with Crippen molar-refractivity contribution < 1.29 is 14.3 Å². The first-order valence-electron chi connectivity index (χ1n) is 9.72. The van der Waals surface area contributed by atoms with Crippen LogP contribution in [0.1, 0.15) is 11.1 Å². The van der Waals surface area contributed by atoms with E-state index in [1.54, 1.807) is 38.9 Å². The Morgan fingerprint density at radius 1 is 1.10 bits per heavy atom. The quantitative estimate of drug-likeness (QED) is 0.447. The van der Waals surface area contributed by atoms with E-state index in [0.717, 1.165) is 33.3 Å². The van der Waals surface area contributed by atoms with Gasteiger partial charge in [-0.25, -0.2) is 4.98 Å². The standard InChI is InChI=1S/C24H22N4O3/c1-30-21-7-5-16(10-22(21)31-2)12-26-23(29)8-6-18-14-27-24-20(18)11-19(15-28-24)17-4-3-9-25-13-17/h3-11,13-15H,12H2,1-2H3,(H,26,29)(H,27,28)/b8-6+. The van der Waals surface area contributed by atoms with Gasteiger partial charge in [0.1, 0.15) is 5.65 Å². The summed E-state index contributed by atoms with van der Waals surface area (Å²) >= 11 is 0. The highest BCUT2D eigenvalue weighted by Crippen LogP contribution is 2.27. The Balaban J connectivity index is 1.46. The van der Waals surface area contributed by atoms with Gasteiger partial charge >= 0.3 is 0 Å². The molecule has 2 N–H and O–H groups in total. The monoisotopic (exact) mass is 414 g/mol. The number of nitrogens with one attached hydrogen (secondary N) is 2. The smallest absolute Gasteiger partial charge is 0.244 e. The molecule has 0 saturated heterocycles. The second-order valence-electron chi connectivity index (χ2n) is 6.85. The molecule has 4 rings (SSSR count). The van der Waals surface area contributed by atoms with Crippen LogP contribution in [0.5, 0.6) is 11.5 Å². The average Bonchev–Trinajstić information content (AvgIpc) is 3.24. The number of fused-ring (bicyclic) bond motifs is 1. The minimum Gasteiger partial charge on any atom is -0.493 e. The van der Waals surface area contributed by atoms with E-state index in [9.17, 15) is 4.79 Å². The van der Waals surface area contributed by atoms with Crippen LogP contribution in [0.4, 0.5) is 0 Å². The molecule has 0 bridgehead atoms. The molecule has 0 aliphatic rings. The zero-order chi connectivity index (χ0) is 21.6. The number of benzene rings is 1. The summed E-state index contributed by atoms with van der Waals surface area (Å²) in [4.78, 5) is 24.1. The van der Waals surface area contributed by atoms with Crippen LogP contribution in [0.25, 0.3) is 28.2 Å². The second kappa shape index (κ2) is 9.13. The van der Waals surface area contributed by atoms with E-state index in [4.69, 9.17) is 9.47 Å². The van der Waals surface area contributed by atoms with Crippen molar-refractivity contribution in [2.24, 2.45) is 0 Å². The maximum absolute atomic E-state index is 12.3. The van der Waals surface area contributed by atoms with Gasteiger partial charge in [0.2, 0.25) is 5.91 Å². The molecule has 7 heteroatoms. The Hall–Kier alpha value is -4.13. The summed E-state index contributed by atoms with van der Waals surface area (Å²) in [6, 6.07) is 11.5. The number of carbonyl (C=O) groups excluding carboxylic acids is 1. The summed E-state index contributed by atoms with van der Waals surface area (Å²) in [5.74, 6) is 1.08. The van der Waals surface area contributed by atoms with Crippen molar-refractivity contribution in [2.75, 3.05) is 14.2 Å². The molecule has 0 spiro atoms. The molecule has 156 valence electrons. The number of nitrogens with zero attached hydrogens (tertiary/aromatic N) is 2. The SMILES string of the molecule is COc1ccc(CNC(=O)/C=C/c2c[nH]c3ncc(-c4cccnc4)cc23)cc1OC. The van der Waals surface area contributed by atoms with E-state index in [2.05, 4.69) is 20.3 Å². The summed E-state index contributed by atoms with van der Waals surface area (Å²) in [5, 5.41) is 3.81. The third-order valence-corrected chi connectivity index (χ3v) is 4.89. The molecule has 0 unspecified atom stereocenters. The van der Waals surface area contributed by atoms with Gasteiger partial charge in [0.05, 0.1) is 14.2 Å². The van der Waals surface area contributed by atoms with Crippen LogP contribution < -0.4 is 14.8 Å². The summed E-state index contributed by atoms with van der Waals surface area (Å²) < 4.78 is 10.5. The number of aromatic nitrogens is 3. The third kappa shape index (κ3) is 4.56. The third-order valence-electron chi connectivity index (χ3n) is 4.89. The lowest BCUT2D eigenvalue weighted by atomic mass is 10.1. The molecule has 0 radical (unpaired) electrons. The van der Waals surface area contributed by atoms with Crippen molar-refractivity contribution in [2.45, 2.75) is 6.54 Å². The van der Waals surface area contributed by atoms with Crippen molar-refractivity contribution in [1.82, 2.24) is 20.3 Å². The van der Waals surface area contributed by atoms with E-state index in [1.165, 1.54) is 6.08 Å².